The van der Waals surface area contributed by atoms with Gasteiger partial charge in [-0.1, -0.05) is 36.9 Å². The molecule has 0 bridgehead atoms. The predicted molar refractivity (Wildman–Crippen MR) is 116 cm³/mol. The summed E-state index contributed by atoms with van der Waals surface area (Å²) in [6, 6.07) is 10.9. The van der Waals surface area contributed by atoms with Gasteiger partial charge >= 0.3 is 5.56 Å². The number of aromatic amines is 1. The lowest BCUT2D eigenvalue weighted by molar-refractivity contribution is 0.182. The summed E-state index contributed by atoms with van der Waals surface area (Å²) in [5, 5.41) is 2.86. The van der Waals surface area contributed by atoms with E-state index >= 15 is 0 Å². The Morgan fingerprint density at radius 2 is 1.97 bits per heavy atom. The Balaban J connectivity index is 1.83. The van der Waals surface area contributed by atoms with E-state index in [-0.39, 0.29) is 29.8 Å². The van der Waals surface area contributed by atoms with Gasteiger partial charge in [-0.05, 0) is 5.56 Å². The van der Waals surface area contributed by atoms with E-state index in [1.807, 2.05) is 30.3 Å². The Bertz CT molecular complexity index is 1560. The molecule has 0 atom stereocenters. The zero-order valence-corrected chi connectivity index (χ0v) is 17.1. The summed E-state index contributed by atoms with van der Waals surface area (Å²) in [7, 11) is 2.98. The average Bonchev–Trinajstić information content (AvgIpc) is 3.41. The minimum atomic E-state index is -0.465. The van der Waals surface area contributed by atoms with Gasteiger partial charge in [0.15, 0.2) is 16.7 Å². The molecule has 4 heterocycles. The van der Waals surface area contributed by atoms with Gasteiger partial charge < -0.3 is 18.7 Å². The first-order valence-electron chi connectivity index (χ1n) is 9.55. The van der Waals surface area contributed by atoms with E-state index in [0.717, 1.165) is 5.56 Å². The molecule has 1 N–H and O–H groups in total. The summed E-state index contributed by atoms with van der Waals surface area (Å²) in [4.78, 5) is 30.3. The van der Waals surface area contributed by atoms with Crippen molar-refractivity contribution in [1.29, 1.82) is 0 Å². The molecule has 32 heavy (non-hydrogen) atoms. The summed E-state index contributed by atoms with van der Waals surface area (Å²) < 4.78 is 17.6. The van der Waals surface area contributed by atoms with Gasteiger partial charge in [0.1, 0.15) is 5.56 Å². The number of fused-ring (bicyclic) bond motifs is 2. The summed E-state index contributed by atoms with van der Waals surface area (Å²) in [5.74, 6) is 0.539. The molecule has 158 valence electrons. The van der Waals surface area contributed by atoms with Crippen molar-refractivity contribution >= 4 is 22.6 Å². The molecule has 0 fully saturated rings. The number of hydrogen-bond donors (Lipinski definition) is 1. The van der Waals surface area contributed by atoms with Gasteiger partial charge in [0.25, 0.3) is 5.82 Å². The van der Waals surface area contributed by atoms with Gasteiger partial charge in [0, 0.05) is 19.4 Å². The van der Waals surface area contributed by atoms with E-state index in [9.17, 15) is 4.79 Å². The molecule has 0 amide bonds. The Kier molecular flexibility index (Phi) is 4.65. The number of aromatic nitrogens is 5. The third-order valence-corrected chi connectivity index (χ3v) is 4.97. The molecular weight excluding hydrogens is 412 g/mol. The number of oxazole rings is 1. The molecule has 0 aliphatic heterocycles. The molecule has 4 aromatic heterocycles. The second-order valence-electron chi connectivity index (χ2n) is 6.83. The van der Waals surface area contributed by atoms with Crippen molar-refractivity contribution in [3.8, 4) is 28.5 Å². The van der Waals surface area contributed by atoms with Crippen molar-refractivity contribution in [3.63, 3.8) is 0 Å². The smallest absolute Gasteiger partial charge is 0.301 e. The Labute approximate surface area is 180 Å². The Morgan fingerprint density at radius 3 is 2.69 bits per heavy atom. The van der Waals surface area contributed by atoms with E-state index in [1.165, 1.54) is 24.9 Å². The first kappa shape index (κ1) is 19.5. The summed E-state index contributed by atoms with van der Waals surface area (Å²) >= 11 is 0. The van der Waals surface area contributed by atoms with E-state index in [4.69, 9.17) is 20.5 Å². The van der Waals surface area contributed by atoms with Crippen molar-refractivity contribution in [3.05, 3.63) is 70.1 Å². The number of nitrogens with zero attached hydrogens (tertiary/aromatic N) is 5. The molecule has 1 aromatic carbocycles. The molecule has 0 saturated carbocycles. The molecule has 0 saturated heterocycles. The third kappa shape index (κ3) is 2.91. The third-order valence-electron chi connectivity index (χ3n) is 4.97. The van der Waals surface area contributed by atoms with E-state index in [2.05, 4.69) is 24.9 Å². The van der Waals surface area contributed by atoms with Crippen molar-refractivity contribution in [2.45, 2.75) is 6.61 Å². The predicted octanol–water partition coefficient (Wildman–Crippen LogP) is 3.60. The normalized spacial score (nSPS) is 11.2. The highest BCUT2D eigenvalue weighted by molar-refractivity contribution is 5.88. The zero-order chi connectivity index (χ0) is 22.2. The number of methoxy groups -OCH3 is 2. The molecule has 0 radical (unpaired) electrons. The largest absolute Gasteiger partial charge is 0.479 e. The van der Waals surface area contributed by atoms with E-state index in [0.29, 0.717) is 28.0 Å². The molecule has 0 unspecified atom stereocenters. The maximum atomic E-state index is 13.6. The van der Waals surface area contributed by atoms with Crippen LogP contribution in [0.4, 0.5) is 5.82 Å². The van der Waals surface area contributed by atoms with Crippen molar-refractivity contribution in [2.75, 3.05) is 14.2 Å². The summed E-state index contributed by atoms with van der Waals surface area (Å²) in [5.41, 5.74) is 2.41. The van der Waals surface area contributed by atoms with Crippen LogP contribution in [0.3, 0.4) is 0 Å². The lowest BCUT2D eigenvalue weighted by Crippen LogP contribution is -2.20. The minimum absolute atomic E-state index is 0.0436. The van der Waals surface area contributed by atoms with Crippen LogP contribution in [0.2, 0.25) is 0 Å². The van der Waals surface area contributed by atoms with Gasteiger partial charge in [-0.15, -0.1) is 4.52 Å². The van der Waals surface area contributed by atoms with Crippen LogP contribution < -0.4 is 10.3 Å². The number of nitrogens with one attached hydrogen (secondary N) is 1. The lowest BCUT2D eigenvalue weighted by Gasteiger charge is -2.06. The maximum absolute atomic E-state index is 13.6. The van der Waals surface area contributed by atoms with E-state index in [1.54, 1.807) is 6.07 Å². The van der Waals surface area contributed by atoms with Gasteiger partial charge in [0.2, 0.25) is 11.8 Å². The van der Waals surface area contributed by atoms with Crippen LogP contribution >= 0.6 is 0 Å². The van der Waals surface area contributed by atoms with Crippen LogP contribution in [0.15, 0.2) is 51.8 Å². The highest BCUT2D eigenvalue weighted by Crippen LogP contribution is 2.34. The highest BCUT2D eigenvalue weighted by atomic mass is 16.5. The standard InChI is InChI=1S/C22H16N6O4/c1-23-18-15(12-7-5-4-6-8-12)19-25-13(11-30-2)16(22(29)28(19)27-18)20-26-17-14(32-20)9-10-24-21(17)31-3/h4-10,27H,11H2,2-3H3. The number of benzene rings is 1. The number of rotatable bonds is 5. The lowest BCUT2D eigenvalue weighted by atomic mass is 10.1. The Hall–Kier alpha value is -4.49. The molecule has 10 nitrogen and oxygen atoms in total. The van der Waals surface area contributed by atoms with Crippen molar-refractivity contribution in [1.82, 2.24) is 24.6 Å². The quantitative estimate of drug-likeness (QED) is 0.426. The van der Waals surface area contributed by atoms with Gasteiger partial charge in [-0.2, -0.15) is 0 Å². The summed E-state index contributed by atoms with van der Waals surface area (Å²) in [6.07, 6.45) is 1.53. The number of pyridine rings is 1. The van der Waals surface area contributed by atoms with Crippen LogP contribution in [0.1, 0.15) is 5.69 Å². The second kappa shape index (κ2) is 7.64. The molecule has 0 aliphatic rings. The van der Waals surface area contributed by atoms with Crippen LogP contribution in [-0.2, 0) is 11.3 Å². The van der Waals surface area contributed by atoms with Crippen molar-refractivity contribution < 1.29 is 13.9 Å². The van der Waals surface area contributed by atoms with Gasteiger partial charge in [-0.3, -0.25) is 4.79 Å². The fourth-order valence-corrected chi connectivity index (χ4v) is 3.60. The summed E-state index contributed by atoms with van der Waals surface area (Å²) in [6.45, 7) is 7.62. The first-order chi connectivity index (χ1) is 15.7. The topological polar surface area (TPSA) is 112 Å². The maximum Gasteiger partial charge on any atom is 0.301 e. The fourth-order valence-electron chi connectivity index (χ4n) is 3.60. The molecule has 5 aromatic rings. The first-order valence-corrected chi connectivity index (χ1v) is 9.55. The van der Waals surface area contributed by atoms with Crippen LogP contribution in [-0.4, -0.2) is 38.8 Å². The van der Waals surface area contributed by atoms with Gasteiger partial charge in [0.05, 0.1) is 25.0 Å². The molecule has 5 rings (SSSR count). The van der Waals surface area contributed by atoms with Crippen molar-refractivity contribution in [2.24, 2.45) is 0 Å². The van der Waals surface area contributed by atoms with Crippen LogP contribution in [0.25, 0.3) is 44.2 Å². The minimum Gasteiger partial charge on any atom is -0.479 e. The van der Waals surface area contributed by atoms with Crippen LogP contribution in [0.5, 0.6) is 5.88 Å². The molecule has 0 aliphatic carbocycles. The molecule has 10 heteroatoms. The molecule has 0 spiro atoms. The average molecular weight is 428 g/mol. The van der Waals surface area contributed by atoms with E-state index < -0.39 is 5.56 Å². The molecular formula is C22H16N6O4. The Morgan fingerprint density at radius 1 is 1.16 bits per heavy atom. The fraction of sp³-hybridized carbons (Fsp3) is 0.136. The van der Waals surface area contributed by atoms with Crippen LogP contribution in [0, 0.1) is 6.57 Å². The second-order valence-corrected chi connectivity index (χ2v) is 6.83. The monoisotopic (exact) mass is 428 g/mol. The number of ether oxygens (including phenoxy) is 2. The highest BCUT2D eigenvalue weighted by Gasteiger charge is 2.26. The van der Waals surface area contributed by atoms with Gasteiger partial charge in [-0.25, -0.2) is 20.1 Å². The zero-order valence-electron chi connectivity index (χ0n) is 17.1. The number of H-pyrrole nitrogens is 1. The number of hydrogen-bond acceptors (Lipinski definition) is 7. The SMILES string of the molecule is [C-]#[N+]c1[nH]n2c(=O)c(-c3nc4c(OC)nccc4o3)c(COC)nc2c1-c1ccccc1.